The van der Waals surface area contributed by atoms with Gasteiger partial charge in [-0.05, 0) is 0 Å². The lowest BCUT2D eigenvalue weighted by Crippen LogP contribution is -3.00. The third-order valence-electron chi connectivity index (χ3n) is 1.95. The molecule has 0 unspecified atom stereocenters. The molecule has 1 aromatic heterocycles. The van der Waals surface area contributed by atoms with Crippen LogP contribution >= 0.6 is 11.3 Å². The van der Waals surface area contributed by atoms with E-state index in [2.05, 4.69) is 0 Å². The van der Waals surface area contributed by atoms with E-state index in [1.165, 1.54) is 0 Å². The molecule has 0 N–H and O–H groups in total. The molecule has 0 bridgehead atoms. The maximum Gasteiger partial charge on any atom is 0.227 e. The number of rotatable bonds is 3. The van der Waals surface area contributed by atoms with Crippen molar-refractivity contribution in [3.63, 3.8) is 0 Å². The van der Waals surface area contributed by atoms with Gasteiger partial charge in [0.25, 0.3) is 0 Å². The Morgan fingerprint density at radius 3 is 2.60 bits per heavy atom. The van der Waals surface area contributed by atoms with E-state index in [1.54, 1.807) is 11.3 Å². The van der Waals surface area contributed by atoms with Crippen molar-refractivity contribution < 1.29 is 21.8 Å². The number of hydrogen-bond acceptors (Lipinski definition) is 2. The standard InChI is InChI=1S/C11H10NOS.ClH/c13-11(8-12-6-7-14-9-12)10-4-2-1-3-5-10;/h1-7,9H,8H2;1H/q+1;/p-1. The number of hydrogen-bond donors (Lipinski definition) is 0. The molecule has 1 heterocycles. The Kier molecular flexibility index (Phi) is 4.46. The maximum atomic E-state index is 11.7. The summed E-state index contributed by atoms with van der Waals surface area (Å²) in [5, 5.41) is 1.96. The Balaban J connectivity index is 0.00000112. The highest BCUT2D eigenvalue weighted by molar-refractivity contribution is 7.07. The molecule has 78 valence electrons. The highest BCUT2D eigenvalue weighted by Gasteiger charge is 2.10. The van der Waals surface area contributed by atoms with Crippen molar-refractivity contribution in [2.24, 2.45) is 0 Å². The maximum absolute atomic E-state index is 11.7. The zero-order chi connectivity index (χ0) is 9.80. The van der Waals surface area contributed by atoms with Crippen LogP contribution in [0, 0.1) is 0 Å². The summed E-state index contributed by atoms with van der Waals surface area (Å²) in [5.74, 6) is 0.147. The molecule has 1 aromatic carbocycles. The summed E-state index contributed by atoms with van der Waals surface area (Å²) in [6.07, 6.45) is 1.91. The van der Waals surface area contributed by atoms with Gasteiger partial charge in [0.2, 0.25) is 17.8 Å². The van der Waals surface area contributed by atoms with Crippen LogP contribution < -0.4 is 17.0 Å². The number of nitrogens with zero attached hydrogens (tertiary/aromatic N) is 1. The van der Waals surface area contributed by atoms with Gasteiger partial charge in [0.05, 0.1) is 5.38 Å². The fraction of sp³-hybridized carbons (Fsp3) is 0.0909. The van der Waals surface area contributed by atoms with Crippen LogP contribution in [0.4, 0.5) is 0 Å². The number of carbonyl (C=O) groups excluding carboxylic acids is 1. The minimum Gasteiger partial charge on any atom is -1.00 e. The van der Waals surface area contributed by atoms with Crippen LogP contribution in [-0.2, 0) is 6.54 Å². The van der Waals surface area contributed by atoms with E-state index in [-0.39, 0.29) is 18.2 Å². The number of benzene rings is 1. The number of thiazole rings is 1. The lowest BCUT2D eigenvalue weighted by Gasteiger charge is -1.94. The third kappa shape index (κ3) is 3.15. The first kappa shape index (κ1) is 11.9. The lowest BCUT2D eigenvalue weighted by atomic mass is 10.1. The Bertz CT molecular complexity index is 413. The van der Waals surface area contributed by atoms with Crippen molar-refractivity contribution in [1.29, 1.82) is 0 Å². The first-order valence-electron chi connectivity index (χ1n) is 4.36. The quantitative estimate of drug-likeness (QED) is 0.493. The number of Topliss-reactive ketones (excluding diaryl/α,β-unsaturated/α-hetero) is 1. The highest BCUT2D eigenvalue weighted by atomic mass is 35.5. The summed E-state index contributed by atoms with van der Waals surface area (Å²) >= 11 is 1.59. The van der Waals surface area contributed by atoms with Gasteiger partial charge in [0.1, 0.15) is 0 Å². The zero-order valence-electron chi connectivity index (χ0n) is 7.97. The van der Waals surface area contributed by atoms with Gasteiger partial charge in [0, 0.05) is 5.56 Å². The monoisotopic (exact) mass is 239 g/mol. The second kappa shape index (κ2) is 5.63. The molecule has 0 aliphatic rings. The van der Waals surface area contributed by atoms with E-state index < -0.39 is 0 Å². The number of ketones is 1. The Labute approximate surface area is 98.6 Å². The van der Waals surface area contributed by atoms with E-state index in [1.807, 2.05) is 52.0 Å². The molecule has 2 aromatic rings. The summed E-state index contributed by atoms with van der Waals surface area (Å²) < 4.78 is 1.89. The van der Waals surface area contributed by atoms with Gasteiger partial charge < -0.3 is 12.4 Å². The normalized spacial score (nSPS) is 9.33. The average molecular weight is 240 g/mol. The first-order chi connectivity index (χ1) is 6.86. The minimum absolute atomic E-state index is 0. The summed E-state index contributed by atoms with van der Waals surface area (Å²) in [6, 6.07) is 9.36. The Morgan fingerprint density at radius 1 is 1.27 bits per heavy atom. The van der Waals surface area contributed by atoms with Crippen molar-refractivity contribution in [3.05, 3.63) is 53.0 Å². The van der Waals surface area contributed by atoms with Crippen molar-refractivity contribution in [2.45, 2.75) is 6.54 Å². The number of aromatic nitrogens is 1. The van der Waals surface area contributed by atoms with Gasteiger partial charge in [-0.25, -0.2) is 0 Å². The summed E-state index contributed by atoms with van der Waals surface area (Å²) in [5.41, 5.74) is 2.70. The predicted octanol–water partition coefficient (Wildman–Crippen LogP) is -1.08. The van der Waals surface area contributed by atoms with Crippen LogP contribution in [0.15, 0.2) is 47.4 Å². The molecule has 0 radical (unpaired) electrons. The van der Waals surface area contributed by atoms with Crippen molar-refractivity contribution in [3.8, 4) is 0 Å². The van der Waals surface area contributed by atoms with Crippen LogP contribution in [0.25, 0.3) is 0 Å². The predicted molar refractivity (Wildman–Crippen MR) is 55.3 cm³/mol. The van der Waals surface area contributed by atoms with Crippen LogP contribution in [0.5, 0.6) is 0 Å². The molecular weight excluding hydrogens is 230 g/mol. The van der Waals surface area contributed by atoms with Gasteiger partial charge in [-0.2, -0.15) is 4.57 Å². The molecule has 0 amide bonds. The second-order valence-corrected chi connectivity index (χ2v) is 3.74. The molecule has 0 saturated carbocycles. The van der Waals surface area contributed by atoms with E-state index in [4.69, 9.17) is 0 Å². The molecular formula is C11H10ClNOS. The van der Waals surface area contributed by atoms with Gasteiger partial charge >= 0.3 is 0 Å². The Morgan fingerprint density at radius 2 is 2.00 bits per heavy atom. The van der Waals surface area contributed by atoms with Crippen LogP contribution in [0.1, 0.15) is 10.4 Å². The topological polar surface area (TPSA) is 20.9 Å². The highest BCUT2D eigenvalue weighted by Crippen LogP contribution is 2.00. The summed E-state index contributed by atoms with van der Waals surface area (Å²) in [4.78, 5) is 11.7. The van der Waals surface area contributed by atoms with Crippen LogP contribution in [0.2, 0.25) is 0 Å². The van der Waals surface area contributed by atoms with E-state index in [0.29, 0.717) is 6.54 Å². The molecule has 15 heavy (non-hydrogen) atoms. The van der Waals surface area contributed by atoms with Crippen LogP contribution in [-0.4, -0.2) is 5.78 Å². The van der Waals surface area contributed by atoms with Crippen LogP contribution in [0.3, 0.4) is 0 Å². The van der Waals surface area contributed by atoms with Gasteiger partial charge in [-0.15, -0.1) is 0 Å². The Hall–Kier alpha value is -1.19. The molecule has 4 heteroatoms. The molecule has 0 fully saturated rings. The minimum atomic E-state index is 0. The van der Waals surface area contributed by atoms with Gasteiger partial charge in [-0.3, -0.25) is 4.79 Å². The molecule has 0 saturated heterocycles. The second-order valence-electron chi connectivity index (χ2n) is 2.99. The first-order valence-corrected chi connectivity index (χ1v) is 5.30. The molecule has 0 spiro atoms. The number of carbonyl (C=O) groups is 1. The SMILES string of the molecule is O=C(C[n+]1ccsc1)c1ccccc1.[Cl-]. The van der Waals surface area contributed by atoms with E-state index in [9.17, 15) is 4.79 Å². The fourth-order valence-corrected chi connectivity index (χ4v) is 1.83. The van der Waals surface area contributed by atoms with Crippen molar-refractivity contribution >= 4 is 17.1 Å². The molecule has 0 aliphatic heterocycles. The third-order valence-corrected chi connectivity index (χ3v) is 2.62. The smallest absolute Gasteiger partial charge is 0.227 e. The largest absolute Gasteiger partial charge is 1.00 e. The van der Waals surface area contributed by atoms with Crippen molar-refractivity contribution in [1.82, 2.24) is 0 Å². The number of halogens is 1. The zero-order valence-corrected chi connectivity index (χ0v) is 9.54. The van der Waals surface area contributed by atoms with Gasteiger partial charge in [0.15, 0.2) is 6.20 Å². The lowest BCUT2D eigenvalue weighted by molar-refractivity contribution is -0.678. The molecule has 2 nitrogen and oxygen atoms in total. The molecule has 0 atom stereocenters. The fourth-order valence-electron chi connectivity index (χ4n) is 1.23. The average Bonchev–Trinajstić information content (AvgIpc) is 2.72. The summed E-state index contributed by atoms with van der Waals surface area (Å²) in [6.45, 7) is 0.424. The molecule has 2 rings (SSSR count). The molecule has 0 aliphatic carbocycles. The van der Waals surface area contributed by atoms with Gasteiger partial charge in [-0.1, -0.05) is 41.7 Å². The van der Waals surface area contributed by atoms with E-state index in [0.717, 1.165) is 5.56 Å². The summed E-state index contributed by atoms with van der Waals surface area (Å²) in [7, 11) is 0. The van der Waals surface area contributed by atoms with E-state index >= 15 is 0 Å². The van der Waals surface area contributed by atoms with Crippen molar-refractivity contribution in [2.75, 3.05) is 0 Å².